The van der Waals surface area contributed by atoms with E-state index in [1.54, 1.807) is 36.4 Å². The van der Waals surface area contributed by atoms with Gasteiger partial charge in [0.2, 0.25) is 0 Å². The van der Waals surface area contributed by atoms with Gasteiger partial charge in [-0.1, -0.05) is 17.7 Å². The van der Waals surface area contributed by atoms with Gasteiger partial charge in [-0.3, -0.25) is 9.59 Å². The first-order chi connectivity index (χ1) is 11.9. The molecule has 0 saturated heterocycles. The van der Waals surface area contributed by atoms with Gasteiger partial charge in [-0.15, -0.1) is 0 Å². The van der Waals surface area contributed by atoms with E-state index in [1.807, 2.05) is 0 Å². The minimum absolute atomic E-state index is 0.0928. The van der Waals surface area contributed by atoms with Crippen molar-refractivity contribution in [1.82, 2.24) is 5.32 Å². The van der Waals surface area contributed by atoms with Gasteiger partial charge >= 0.3 is 5.97 Å². The third kappa shape index (κ3) is 4.71. The van der Waals surface area contributed by atoms with E-state index in [1.165, 1.54) is 13.1 Å². The fourth-order valence-corrected chi connectivity index (χ4v) is 2.14. The van der Waals surface area contributed by atoms with Crippen molar-refractivity contribution in [3.8, 4) is 0 Å². The van der Waals surface area contributed by atoms with Crippen LogP contribution in [0.2, 0.25) is 5.02 Å². The molecular weight excluding hydrogens is 346 g/mol. The molecule has 0 heterocycles. The Morgan fingerprint density at radius 2 is 1.80 bits per heavy atom. The number of esters is 1. The molecule has 8 heteroatoms. The van der Waals surface area contributed by atoms with Crippen LogP contribution in [0.25, 0.3) is 0 Å². The number of hydrogen-bond donors (Lipinski definition) is 3. The molecule has 25 heavy (non-hydrogen) atoms. The highest BCUT2D eigenvalue weighted by molar-refractivity contribution is 6.33. The van der Waals surface area contributed by atoms with Crippen LogP contribution in [-0.2, 0) is 9.53 Å². The molecule has 0 unspecified atom stereocenters. The summed E-state index contributed by atoms with van der Waals surface area (Å²) in [5.74, 6) is -1.50. The number of anilines is 2. The van der Waals surface area contributed by atoms with Crippen LogP contribution in [0, 0.1) is 0 Å². The van der Waals surface area contributed by atoms with E-state index in [9.17, 15) is 14.4 Å². The number of benzene rings is 2. The van der Waals surface area contributed by atoms with Crippen LogP contribution in [0.5, 0.6) is 0 Å². The van der Waals surface area contributed by atoms with Crippen molar-refractivity contribution in [1.29, 1.82) is 0 Å². The Morgan fingerprint density at radius 3 is 2.44 bits per heavy atom. The second-order valence-corrected chi connectivity index (χ2v) is 5.39. The van der Waals surface area contributed by atoms with Crippen LogP contribution in [-0.4, -0.2) is 31.4 Å². The van der Waals surface area contributed by atoms with Gasteiger partial charge < -0.3 is 21.1 Å². The number of nitrogens with one attached hydrogen (secondary N) is 2. The van der Waals surface area contributed by atoms with Crippen LogP contribution in [0.1, 0.15) is 20.7 Å². The van der Waals surface area contributed by atoms with E-state index in [0.717, 1.165) is 0 Å². The predicted octanol–water partition coefficient (Wildman–Crippen LogP) is 2.08. The third-order valence-electron chi connectivity index (χ3n) is 3.27. The zero-order valence-electron chi connectivity index (χ0n) is 13.3. The molecule has 0 fully saturated rings. The Balaban J connectivity index is 1.91. The molecule has 0 aliphatic heterocycles. The molecule has 7 nitrogen and oxygen atoms in total. The Bertz CT molecular complexity index is 806. The minimum atomic E-state index is -0.745. The molecule has 2 aromatic carbocycles. The molecule has 0 aliphatic rings. The second-order valence-electron chi connectivity index (χ2n) is 4.98. The molecule has 0 radical (unpaired) electrons. The summed E-state index contributed by atoms with van der Waals surface area (Å²) in [4.78, 5) is 35.2. The molecule has 0 aromatic heterocycles. The summed E-state index contributed by atoms with van der Waals surface area (Å²) < 4.78 is 4.92. The fraction of sp³-hybridized carbons (Fsp3) is 0.118. The van der Waals surface area contributed by atoms with E-state index in [4.69, 9.17) is 22.1 Å². The minimum Gasteiger partial charge on any atom is -0.452 e. The van der Waals surface area contributed by atoms with Gasteiger partial charge in [0.15, 0.2) is 6.61 Å². The average Bonchev–Trinajstić information content (AvgIpc) is 2.62. The fourth-order valence-electron chi connectivity index (χ4n) is 1.97. The number of rotatable bonds is 5. The van der Waals surface area contributed by atoms with Crippen LogP contribution < -0.4 is 16.4 Å². The summed E-state index contributed by atoms with van der Waals surface area (Å²) in [7, 11) is 1.53. The molecule has 0 spiro atoms. The van der Waals surface area contributed by atoms with Gasteiger partial charge in [0, 0.05) is 18.3 Å². The maximum Gasteiger partial charge on any atom is 0.340 e. The maximum absolute atomic E-state index is 11.9. The van der Waals surface area contributed by atoms with Crippen molar-refractivity contribution in [3.63, 3.8) is 0 Å². The first kappa shape index (κ1) is 18.3. The predicted molar refractivity (Wildman–Crippen MR) is 94.6 cm³/mol. The summed E-state index contributed by atoms with van der Waals surface area (Å²) in [5.41, 5.74) is 6.82. The number of para-hydroxylation sites is 1. The first-order valence-electron chi connectivity index (χ1n) is 7.25. The molecule has 4 N–H and O–H groups in total. The quantitative estimate of drug-likeness (QED) is 0.557. The highest BCUT2D eigenvalue weighted by Crippen LogP contribution is 2.22. The lowest BCUT2D eigenvalue weighted by molar-refractivity contribution is -0.119. The molecule has 0 saturated carbocycles. The van der Waals surface area contributed by atoms with E-state index in [2.05, 4.69) is 10.6 Å². The topological polar surface area (TPSA) is 111 Å². The Kier molecular flexibility index (Phi) is 5.97. The number of carbonyl (C=O) groups excluding carboxylic acids is 3. The largest absolute Gasteiger partial charge is 0.452 e. The zero-order valence-corrected chi connectivity index (χ0v) is 14.1. The van der Waals surface area contributed by atoms with Gasteiger partial charge in [-0.2, -0.15) is 0 Å². The Hall–Kier alpha value is -3.06. The lowest BCUT2D eigenvalue weighted by Gasteiger charge is -2.09. The molecule has 2 rings (SSSR count). The molecule has 130 valence electrons. The SMILES string of the molecule is CNC(=O)c1ccc(NC(=O)COC(=O)c2cccc(Cl)c2N)cc1. The van der Waals surface area contributed by atoms with Crippen molar-refractivity contribution in [2.75, 3.05) is 24.7 Å². The van der Waals surface area contributed by atoms with Crippen molar-refractivity contribution in [2.45, 2.75) is 0 Å². The summed E-state index contributed by atoms with van der Waals surface area (Å²) in [6, 6.07) is 10.8. The smallest absolute Gasteiger partial charge is 0.340 e. The number of amides is 2. The standard InChI is InChI=1S/C17H16ClN3O4/c1-20-16(23)10-5-7-11(8-6-10)21-14(22)9-25-17(24)12-3-2-4-13(18)15(12)19/h2-8H,9,19H2,1H3,(H,20,23)(H,21,22). The number of nitrogens with two attached hydrogens (primary N) is 1. The van der Waals surface area contributed by atoms with Crippen LogP contribution in [0.15, 0.2) is 42.5 Å². The number of carbonyl (C=O) groups is 3. The van der Waals surface area contributed by atoms with E-state index >= 15 is 0 Å². The molecule has 0 bridgehead atoms. The number of halogens is 1. The molecule has 2 amide bonds. The van der Waals surface area contributed by atoms with Crippen molar-refractivity contribution >= 4 is 40.8 Å². The molecular formula is C17H16ClN3O4. The number of hydrogen-bond acceptors (Lipinski definition) is 5. The van der Waals surface area contributed by atoms with E-state index in [-0.39, 0.29) is 22.2 Å². The van der Waals surface area contributed by atoms with E-state index in [0.29, 0.717) is 11.3 Å². The first-order valence-corrected chi connectivity index (χ1v) is 7.63. The molecule has 2 aromatic rings. The van der Waals surface area contributed by atoms with Crippen LogP contribution >= 0.6 is 11.6 Å². The lowest BCUT2D eigenvalue weighted by atomic mass is 10.2. The van der Waals surface area contributed by atoms with Crippen molar-refractivity contribution in [2.24, 2.45) is 0 Å². The third-order valence-corrected chi connectivity index (χ3v) is 3.59. The van der Waals surface area contributed by atoms with Gasteiger partial charge in [0.05, 0.1) is 16.3 Å². The highest BCUT2D eigenvalue weighted by Gasteiger charge is 2.15. The van der Waals surface area contributed by atoms with Crippen molar-refractivity contribution < 1.29 is 19.1 Å². The second kappa shape index (κ2) is 8.16. The van der Waals surface area contributed by atoms with Gasteiger partial charge in [0.25, 0.3) is 11.8 Å². The highest BCUT2D eigenvalue weighted by atomic mass is 35.5. The zero-order chi connectivity index (χ0) is 18.4. The summed E-state index contributed by atoms with van der Waals surface area (Å²) in [6.07, 6.45) is 0. The van der Waals surface area contributed by atoms with Gasteiger partial charge in [-0.25, -0.2) is 4.79 Å². The molecule has 0 aliphatic carbocycles. The monoisotopic (exact) mass is 361 g/mol. The number of nitrogen functional groups attached to an aromatic ring is 1. The normalized spacial score (nSPS) is 10.0. The van der Waals surface area contributed by atoms with Gasteiger partial charge in [0.1, 0.15) is 0 Å². The maximum atomic E-state index is 11.9. The van der Waals surface area contributed by atoms with Crippen LogP contribution in [0.3, 0.4) is 0 Å². The van der Waals surface area contributed by atoms with E-state index < -0.39 is 18.5 Å². The van der Waals surface area contributed by atoms with Gasteiger partial charge in [-0.05, 0) is 36.4 Å². The van der Waals surface area contributed by atoms with Crippen molar-refractivity contribution in [3.05, 3.63) is 58.6 Å². The molecule has 0 atom stereocenters. The summed E-state index contributed by atoms with van der Waals surface area (Å²) >= 11 is 5.83. The average molecular weight is 362 g/mol. The summed E-state index contributed by atoms with van der Waals surface area (Å²) in [6.45, 7) is -0.484. The van der Waals surface area contributed by atoms with Crippen LogP contribution in [0.4, 0.5) is 11.4 Å². The lowest BCUT2D eigenvalue weighted by Crippen LogP contribution is -2.21. The Labute approximate surface area is 149 Å². The Morgan fingerprint density at radius 1 is 1.12 bits per heavy atom. The number of ether oxygens (including phenoxy) is 1. The summed E-state index contributed by atoms with van der Waals surface area (Å²) in [5, 5.41) is 5.28.